The number of aryl methyl sites for hydroxylation is 1. The van der Waals surface area contributed by atoms with Crippen LogP contribution < -0.4 is 5.32 Å². The lowest BCUT2D eigenvalue weighted by molar-refractivity contribution is -0.119. The van der Waals surface area contributed by atoms with Crippen LogP contribution >= 0.6 is 11.8 Å². The van der Waals surface area contributed by atoms with E-state index >= 15 is 0 Å². The molecule has 0 bridgehead atoms. The fourth-order valence-electron chi connectivity index (χ4n) is 3.08. The number of nitrogens with zero attached hydrogens (tertiary/aromatic N) is 2. The number of aromatic amines is 1. The Balaban J connectivity index is 1.56. The van der Waals surface area contributed by atoms with Gasteiger partial charge in [0, 0.05) is 29.0 Å². The highest BCUT2D eigenvalue weighted by Crippen LogP contribution is 2.27. The molecule has 0 unspecified atom stereocenters. The second-order valence-corrected chi connectivity index (χ2v) is 7.25. The lowest BCUT2D eigenvalue weighted by atomic mass is 10.1. The van der Waals surface area contributed by atoms with Crippen molar-refractivity contribution in [2.45, 2.75) is 13.0 Å². The van der Waals surface area contributed by atoms with Gasteiger partial charge in [-0.1, -0.05) is 18.2 Å². The van der Waals surface area contributed by atoms with Crippen LogP contribution in [0.25, 0.3) is 10.9 Å². The molecule has 1 aliphatic heterocycles. The minimum Gasteiger partial charge on any atom is -0.360 e. The summed E-state index contributed by atoms with van der Waals surface area (Å²) in [5.74, 6) is 1.24. The van der Waals surface area contributed by atoms with Gasteiger partial charge in [0.2, 0.25) is 5.91 Å². The van der Waals surface area contributed by atoms with Crippen molar-refractivity contribution in [3.63, 3.8) is 0 Å². The van der Waals surface area contributed by atoms with Crippen molar-refractivity contribution >= 4 is 40.3 Å². The maximum Gasteiger partial charge on any atom is 0.257 e. The molecule has 4 rings (SSSR count). The van der Waals surface area contributed by atoms with E-state index in [-0.39, 0.29) is 11.8 Å². The fourth-order valence-corrected chi connectivity index (χ4v) is 4.23. The molecule has 1 aromatic carbocycles. The molecule has 0 radical (unpaired) electrons. The van der Waals surface area contributed by atoms with E-state index in [1.54, 1.807) is 29.1 Å². The molecular weight excluding hydrogens is 348 g/mol. The summed E-state index contributed by atoms with van der Waals surface area (Å²) in [7, 11) is 0. The minimum absolute atomic E-state index is 0.134. The van der Waals surface area contributed by atoms with Gasteiger partial charge in [-0.15, -0.1) is 11.8 Å². The smallest absolute Gasteiger partial charge is 0.257 e. The number of hydrogen-bond donors (Lipinski definition) is 2. The fraction of sp³-hybridized carbons (Fsp3) is 0.211. The van der Waals surface area contributed by atoms with Crippen LogP contribution in [0, 0.1) is 6.92 Å². The zero-order valence-electron chi connectivity index (χ0n) is 14.2. The number of para-hydroxylation sites is 1. The maximum atomic E-state index is 13.0. The van der Waals surface area contributed by atoms with E-state index in [2.05, 4.69) is 15.3 Å². The Morgan fingerprint density at radius 1 is 1.31 bits per heavy atom. The summed E-state index contributed by atoms with van der Waals surface area (Å²) < 4.78 is 0. The van der Waals surface area contributed by atoms with E-state index in [0.29, 0.717) is 23.0 Å². The first-order valence-electron chi connectivity index (χ1n) is 8.32. The molecule has 26 heavy (non-hydrogen) atoms. The number of thioether (sulfide) groups is 1. The first-order valence-corrected chi connectivity index (χ1v) is 9.47. The van der Waals surface area contributed by atoms with Gasteiger partial charge in [0.15, 0.2) is 0 Å². The summed E-state index contributed by atoms with van der Waals surface area (Å²) in [6.07, 6.45) is 3.37. The molecule has 1 atom stereocenters. The SMILES string of the molecule is Cc1ccnc(NC(=O)[C@H]2CSCN2C(=O)c2c[nH]c3ccccc23)c1. The average molecular weight is 366 g/mol. The summed E-state index contributed by atoms with van der Waals surface area (Å²) in [5, 5.41) is 3.70. The third-order valence-electron chi connectivity index (χ3n) is 4.43. The average Bonchev–Trinajstić information content (AvgIpc) is 3.28. The van der Waals surface area contributed by atoms with Crippen LogP contribution in [0.4, 0.5) is 5.82 Å². The van der Waals surface area contributed by atoms with Crippen LogP contribution in [0.15, 0.2) is 48.8 Å². The lowest BCUT2D eigenvalue weighted by Gasteiger charge is -2.22. The predicted molar refractivity (Wildman–Crippen MR) is 103 cm³/mol. The summed E-state index contributed by atoms with van der Waals surface area (Å²) in [6, 6.07) is 10.8. The Labute approximate surface area is 155 Å². The van der Waals surface area contributed by atoms with Gasteiger partial charge in [-0.05, 0) is 30.7 Å². The molecule has 0 aliphatic carbocycles. The van der Waals surface area contributed by atoms with Gasteiger partial charge in [0.1, 0.15) is 11.9 Å². The van der Waals surface area contributed by atoms with Gasteiger partial charge in [0.25, 0.3) is 5.91 Å². The van der Waals surface area contributed by atoms with E-state index in [1.807, 2.05) is 43.3 Å². The normalized spacial score (nSPS) is 16.8. The van der Waals surface area contributed by atoms with Crippen LogP contribution in [0.1, 0.15) is 15.9 Å². The quantitative estimate of drug-likeness (QED) is 0.747. The molecule has 1 fully saturated rings. The molecule has 1 saturated heterocycles. The monoisotopic (exact) mass is 366 g/mol. The van der Waals surface area contributed by atoms with Crippen molar-refractivity contribution < 1.29 is 9.59 Å². The summed E-state index contributed by atoms with van der Waals surface area (Å²) in [6.45, 7) is 1.94. The zero-order chi connectivity index (χ0) is 18.1. The number of aromatic nitrogens is 2. The van der Waals surface area contributed by atoms with Crippen molar-refractivity contribution in [3.05, 3.63) is 59.9 Å². The number of amides is 2. The minimum atomic E-state index is -0.511. The number of rotatable bonds is 3. The highest BCUT2D eigenvalue weighted by atomic mass is 32.2. The Kier molecular flexibility index (Phi) is 4.38. The summed E-state index contributed by atoms with van der Waals surface area (Å²) >= 11 is 1.58. The second-order valence-electron chi connectivity index (χ2n) is 6.25. The maximum absolute atomic E-state index is 13.0. The topological polar surface area (TPSA) is 78.1 Å². The Morgan fingerprint density at radius 2 is 2.15 bits per heavy atom. The Bertz CT molecular complexity index is 984. The molecule has 1 aliphatic rings. The van der Waals surface area contributed by atoms with Crippen LogP contribution in [-0.4, -0.2) is 44.4 Å². The molecular formula is C19H18N4O2S. The van der Waals surface area contributed by atoms with E-state index in [0.717, 1.165) is 16.5 Å². The van der Waals surface area contributed by atoms with Crippen molar-refractivity contribution in [2.24, 2.45) is 0 Å². The van der Waals surface area contributed by atoms with Gasteiger partial charge in [-0.2, -0.15) is 0 Å². The van der Waals surface area contributed by atoms with Crippen LogP contribution in [0.2, 0.25) is 0 Å². The number of fused-ring (bicyclic) bond motifs is 1. The molecule has 3 aromatic rings. The van der Waals surface area contributed by atoms with Crippen molar-refractivity contribution in [1.29, 1.82) is 0 Å². The molecule has 3 heterocycles. The molecule has 2 N–H and O–H groups in total. The van der Waals surface area contributed by atoms with Gasteiger partial charge in [-0.3, -0.25) is 9.59 Å². The van der Waals surface area contributed by atoms with Gasteiger partial charge in [-0.25, -0.2) is 4.98 Å². The standard InChI is InChI=1S/C19H18N4O2S/c1-12-6-7-20-17(8-12)22-18(24)16-10-26-11-23(16)19(25)14-9-21-15-5-3-2-4-13(14)15/h2-9,16,21H,10-11H2,1H3,(H,20,22,24)/t16-/m1/s1. The third-order valence-corrected chi connectivity index (χ3v) is 5.44. The number of nitrogens with one attached hydrogen (secondary N) is 2. The highest BCUT2D eigenvalue weighted by molar-refractivity contribution is 7.99. The zero-order valence-corrected chi connectivity index (χ0v) is 15.0. The van der Waals surface area contributed by atoms with E-state index in [1.165, 1.54) is 0 Å². The number of pyridine rings is 1. The Morgan fingerprint density at radius 3 is 3.00 bits per heavy atom. The second kappa shape index (κ2) is 6.84. The van der Waals surface area contributed by atoms with Crippen LogP contribution in [0.3, 0.4) is 0 Å². The number of hydrogen-bond acceptors (Lipinski definition) is 4. The predicted octanol–water partition coefficient (Wildman–Crippen LogP) is 3.03. The van der Waals surface area contributed by atoms with E-state index in [9.17, 15) is 9.59 Å². The number of benzene rings is 1. The number of carbonyl (C=O) groups is 2. The highest BCUT2D eigenvalue weighted by Gasteiger charge is 2.36. The number of anilines is 1. The summed E-state index contributed by atoms with van der Waals surface area (Å²) in [4.78, 5) is 34.7. The number of carbonyl (C=O) groups excluding carboxylic acids is 2. The first kappa shape index (κ1) is 16.7. The van der Waals surface area contributed by atoms with Gasteiger partial charge < -0.3 is 15.2 Å². The van der Waals surface area contributed by atoms with Crippen LogP contribution in [-0.2, 0) is 4.79 Å². The largest absolute Gasteiger partial charge is 0.360 e. The van der Waals surface area contributed by atoms with Crippen molar-refractivity contribution in [1.82, 2.24) is 14.9 Å². The molecule has 0 spiro atoms. The lowest BCUT2D eigenvalue weighted by Crippen LogP contribution is -2.44. The third kappa shape index (κ3) is 3.06. The van der Waals surface area contributed by atoms with Gasteiger partial charge >= 0.3 is 0 Å². The summed E-state index contributed by atoms with van der Waals surface area (Å²) in [5.41, 5.74) is 2.52. The van der Waals surface area contributed by atoms with Crippen LogP contribution in [0.5, 0.6) is 0 Å². The molecule has 132 valence electrons. The van der Waals surface area contributed by atoms with Crippen molar-refractivity contribution in [3.8, 4) is 0 Å². The first-order chi connectivity index (χ1) is 12.6. The molecule has 6 nitrogen and oxygen atoms in total. The molecule has 2 amide bonds. The van der Waals surface area contributed by atoms with E-state index in [4.69, 9.17) is 0 Å². The molecule has 7 heteroatoms. The molecule has 0 saturated carbocycles. The Hall–Kier alpha value is -2.80. The van der Waals surface area contributed by atoms with Gasteiger partial charge in [0.05, 0.1) is 11.4 Å². The van der Waals surface area contributed by atoms with Crippen molar-refractivity contribution in [2.75, 3.05) is 16.9 Å². The number of H-pyrrole nitrogens is 1. The molecule has 2 aromatic heterocycles. The van der Waals surface area contributed by atoms with E-state index < -0.39 is 6.04 Å².